The van der Waals surface area contributed by atoms with Gasteiger partial charge in [0.05, 0.1) is 5.41 Å². The molecule has 2 N–H and O–H groups in total. The first-order chi connectivity index (χ1) is 8.27. The first-order valence-corrected chi connectivity index (χ1v) is 7.92. The summed E-state index contributed by atoms with van der Waals surface area (Å²) in [6, 6.07) is 0. The number of rotatable bonds is 4. The molecule has 0 saturated carbocycles. The van der Waals surface area contributed by atoms with E-state index in [1.165, 1.54) is 25.0 Å². The SMILES string of the molecule is CCC1(C(=O)NCC2CCCCS2)CCNC1. The Morgan fingerprint density at radius 2 is 2.41 bits per heavy atom. The molecule has 0 radical (unpaired) electrons. The Labute approximate surface area is 108 Å². The molecule has 0 spiro atoms. The van der Waals surface area contributed by atoms with Gasteiger partial charge in [0.2, 0.25) is 5.91 Å². The molecule has 2 heterocycles. The Balaban J connectivity index is 1.79. The molecule has 0 aliphatic carbocycles. The van der Waals surface area contributed by atoms with Crippen LogP contribution in [0.5, 0.6) is 0 Å². The van der Waals surface area contributed by atoms with Crippen molar-refractivity contribution in [3.63, 3.8) is 0 Å². The van der Waals surface area contributed by atoms with Gasteiger partial charge in [0.15, 0.2) is 0 Å². The summed E-state index contributed by atoms with van der Waals surface area (Å²) < 4.78 is 0. The van der Waals surface area contributed by atoms with Crippen LogP contribution in [0.2, 0.25) is 0 Å². The predicted octanol–water partition coefficient (Wildman–Crippen LogP) is 1.78. The van der Waals surface area contributed by atoms with E-state index in [-0.39, 0.29) is 11.3 Å². The Morgan fingerprint density at radius 3 is 3.00 bits per heavy atom. The van der Waals surface area contributed by atoms with Crippen LogP contribution in [0, 0.1) is 5.41 Å². The van der Waals surface area contributed by atoms with E-state index < -0.39 is 0 Å². The molecule has 0 aromatic heterocycles. The molecule has 17 heavy (non-hydrogen) atoms. The Bertz CT molecular complexity index is 258. The van der Waals surface area contributed by atoms with Crippen LogP contribution >= 0.6 is 11.8 Å². The molecule has 4 heteroatoms. The maximum atomic E-state index is 12.3. The van der Waals surface area contributed by atoms with Crippen molar-refractivity contribution in [3.05, 3.63) is 0 Å². The zero-order valence-corrected chi connectivity index (χ0v) is 11.6. The molecule has 2 fully saturated rings. The highest BCUT2D eigenvalue weighted by Crippen LogP contribution is 2.30. The molecule has 2 aliphatic heterocycles. The molecule has 0 aromatic carbocycles. The van der Waals surface area contributed by atoms with Crippen molar-refractivity contribution in [3.8, 4) is 0 Å². The lowest BCUT2D eigenvalue weighted by Crippen LogP contribution is -2.44. The molecule has 2 unspecified atom stereocenters. The summed E-state index contributed by atoms with van der Waals surface area (Å²) in [5, 5.41) is 7.15. The molecule has 2 saturated heterocycles. The zero-order valence-electron chi connectivity index (χ0n) is 10.8. The van der Waals surface area contributed by atoms with Crippen LogP contribution in [0.4, 0.5) is 0 Å². The molecule has 2 aliphatic rings. The Morgan fingerprint density at radius 1 is 1.53 bits per heavy atom. The first kappa shape index (κ1) is 13.2. The number of thioether (sulfide) groups is 1. The zero-order chi connectivity index (χ0) is 12.1. The van der Waals surface area contributed by atoms with Crippen LogP contribution in [0.1, 0.15) is 39.0 Å². The fourth-order valence-corrected chi connectivity index (χ4v) is 4.00. The van der Waals surface area contributed by atoms with Gasteiger partial charge in [0, 0.05) is 18.3 Å². The third-order valence-electron chi connectivity index (χ3n) is 4.17. The third kappa shape index (κ3) is 3.16. The highest BCUT2D eigenvalue weighted by molar-refractivity contribution is 7.99. The second-order valence-corrected chi connectivity index (χ2v) is 6.67. The topological polar surface area (TPSA) is 41.1 Å². The lowest BCUT2D eigenvalue weighted by molar-refractivity contribution is -0.130. The van der Waals surface area contributed by atoms with Crippen LogP contribution in [-0.4, -0.2) is 36.5 Å². The van der Waals surface area contributed by atoms with Crippen molar-refractivity contribution in [2.75, 3.05) is 25.4 Å². The van der Waals surface area contributed by atoms with E-state index in [0.717, 1.165) is 32.5 Å². The monoisotopic (exact) mass is 256 g/mol. The number of nitrogens with one attached hydrogen (secondary N) is 2. The van der Waals surface area contributed by atoms with Crippen molar-refractivity contribution in [2.45, 2.75) is 44.3 Å². The molecule has 2 atom stereocenters. The fourth-order valence-electron chi connectivity index (χ4n) is 2.76. The highest BCUT2D eigenvalue weighted by Gasteiger charge is 2.39. The van der Waals surface area contributed by atoms with Gasteiger partial charge in [-0.3, -0.25) is 4.79 Å². The summed E-state index contributed by atoms with van der Waals surface area (Å²) >= 11 is 2.02. The van der Waals surface area contributed by atoms with Gasteiger partial charge < -0.3 is 10.6 Å². The number of carbonyl (C=O) groups is 1. The van der Waals surface area contributed by atoms with Crippen LogP contribution < -0.4 is 10.6 Å². The molecule has 1 amide bonds. The quantitative estimate of drug-likeness (QED) is 0.805. The minimum Gasteiger partial charge on any atom is -0.354 e. The maximum absolute atomic E-state index is 12.3. The van der Waals surface area contributed by atoms with Gasteiger partial charge in [-0.15, -0.1) is 0 Å². The van der Waals surface area contributed by atoms with Crippen molar-refractivity contribution < 1.29 is 4.79 Å². The first-order valence-electron chi connectivity index (χ1n) is 6.87. The number of hydrogen-bond acceptors (Lipinski definition) is 3. The Hall–Kier alpha value is -0.220. The summed E-state index contributed by atoms with van der Waals surface area (Å²) in [6.45, 7) is 4.83. The standard InChI is InChI=1S/C13H24N2OS/c1-2-13(6-7-14-10-13)12(16)15-9-11-5-3-4-8-17-11/h11,14H,2-10H2,1H3,(H,15,16). The van der Waals surface area contributed by atoms with E-state index >= 15 is 0 Å². The van der Waals surface area contributed by atoms with Gasteiger partial charge in [-0.25, -0.2) is 0 Å². The molecule has 3 nitrogen and oxygen atoms in total. The van der Waals surface area contributed by atoms with Crippen molar-refractivity contribution >= 4 is 17.7 Å². The molecule has 0 aromatic rings. The third-order valence-corrected chi connectivity index (χ3v) is 5.56. The predicted molar refractivity (Wildman–Crippen MR) is 73.3 cm³/mol. The van der Waals surface area contributed by atoms with Crippen molar-refractivity contribution in [2.24, 2.45) is 5.41 Å². The Kier molecular flexibility index (Phi) is 4.74. The number of hydrogen-bond donors (Lipinski definition) is 2. The van der Waals surface area contributed by atoms with E-state index in [4.69, 9.17) is 0 Å². The van der Waals surface area contributed by atoms with E-state index in [2.05, 4.69) is 17.6 Å². The molecule has 98 valence electrons. The lowest BCUT2D eigenvalue weighted by Gasteiger charge is -2.27. The van der Waals surface area contributed by atoms with Gasteiger partial charge in [-0.1, -0.05) is 13.3 Å². The van der Waals surface area contributed by atoms with Gasteiger partial charge in [-0.05, 0) is 38.0 Å². The normalized spacial score (nSPS) is 33.6. The second-order valence-electron chi connectivity index (χ2n) is 5.26. The maximum Gasteiger partial charge on any atom is 0.227 e. The van der Waals surface area contributed by atoms with Gasteiger partial charge >= 0.3 is 0 Å². The summed E-state index contributed by atoms with van der Waals surface area (Å²) in [6.07, 6.45) is 5.88. The summed E-state index contributed by atoms with van der Waals surface area (Å²) in [5.41, 5.74) is -0.126. The molecule has 0 bridgehead atoms. The van der Waals surface area contributed by atoms with E-state index in [0.29, 0.717) is 5.25 Å². The highest BCUT2D eigenvalue weighted by atomic mass is 32.2. The average molecular weight is 256 g/mol. The van der Waals surface area contributed by atoms with E-state index in [9.17, 15) is 4.79 Å². The summed E-state index contributed by atoms with van der Waals surface area (Å²) in [4.78, 5) is 12.3. The van der Waals surface area contributed by atoms with Gasteiger partial charge in [0.25, 0.3) is 0 Å². The molecular formula is C13H24N2OS. The number of amides is 1. The van der Waals surface area contributed by atoms with E-state index in [1.807, 2.05) is 11.8 Å². The van der Waals surface area contributed by atoms with Gasteiger partial charge in [0.1, 0.15) is 0 Å². The molecule has 2 rings (SSSR count). The van der Waals surface area contributed by atoms with Crippen LogP contribution in [-0.2, 0) is 4.79 Å². The molecular weight excluding hydrogens is 232 g/mol. The van der Waals surface area contributed by atoms with Crippen molar-refractivity contribution in [1.82, 2.24) is 10.6 Å². The fraction of sp³-hybridized carbons (Fsp3) is 0.923. The minimum absolute atomic E-state index is 0.126. The largest absolute Gasteiger partial charge is 0.354 e. The minimum atomic E-state index is -0.126. The number of carbonyl (C=O) groups excluding carboxylic acids is 1. The van der Waals surface area contributed by atoms with Crippen LogP contribution in [0.25, 0.3) is 0 Å². The smallest absolute Gasteiger partial charge is 0.227 e. The second kappa shape index (κ2) is 6.10. The summed E-state index contributed by atoms with van der Waals surface area (Å²) in [7, 11) is 0. The van der Waals surface area contributed by atoms with Crippen LogP contribution in [0.15, 0.2) is 0 Å². The van der Waals surface area contributed by atoms with Crippen molar-refractivity contribution in [1.29, 1.82) is 0 Å². The lowest BCUT2D eigenvalue weighted by atomic mass is 9.83. The van der Waals surface area contributed by atoms with Crippen LogP contribution in [0.3, 0.4) is 0 Å². The van der Waals surface area contributed by atoms with E-state index in [1.54, 1.807) is 0 Å². The average Bonchev–Trinajstić information content (AvgIpc) is 2.87. The summed E-state index contributed by atoms with van der Waals surface area (Å²) in [5.74, 6) is 1.54. The van der Waals surface area contributed by atoms with Gasteiger partial charge in [-0.2, -0.15) is 11.8 Å².